The van der Waals surface area contributed by atoms with Gasteiger partial charge in [-0.3, -0.25) is 33.8 Å². The van der Waals surface area contributed by atoms with Crippen LogP contribution in [-0.2, 0) is 33.6 Å². The Bertz CT molecular complexity index is 1010. The largest absolute Gasteiger partial charge is 0.480 e. The number of nitrogens with zero attached hydrogens (tertiary/aromatic N) is 1. The zero-order valence-electron chi connectivity index (χ0n) is 24.3. The van der Waals surface area contributed by atoms with Gasteiger partial charge >= 0.3 is 5.97 Å². The van der Waals surface area contributed by atoms with Gasteiger partial charge in [-0.2, -0.15) is 0 Å². The zero-order chi connectivity index (χ0) is 32.6. The highest BCUT2D eigenvalue weighted by Crippen LogP contribution is 2.04. The highest BCUT2D eigenvalue weighted by atomic mass is 16.4. The van der Waals surface area contributed by atoms with Crippen molar-refractivity contribution in [2.24, 2.45) is 39.8 Å². The van der Waals surface area contributed by atoms with Crippen molar-refractivity contribution in [1.29, 1.82) is 0 Å². The highest BCUT2D eigenvalue weighted by molar-refractivity contribution is 5.96. The molecule has 0 saturated heterocycles. The molecule has 0 aliphatic carbocycles. The van der Waals surface area contributed by atoms with Crippen molar-refractivity contribution in [3.8, 4) is 0 Å². The van der Waals surface area contributed by atoms with Gasteiger partial charge in [0, 0.05) is 6.54 Å². The number of hydrogen-bond donors (Lipinski definition) is 10. The van der Waals surface area contributed by atoms with Crippen LogP contribution in [0.15, 0.2) is 4.99 Å². The first-order valence-electron chi connectivity index (χ1n) is 13.2. The first-order chi connectivity index (χ1) is 19.5. The number of amides is 6. The topological polar surface area (TPSA) is 316 Å². The Morgan fingerprint density at radius 1 is 0.738 bits per heavy atom. The average Bonchev–Trinajstić information content (AvgIpc) is 2.88. The molecule has 0 fully saturated rings. The van der Waals surface area contributed by atoms with Crippen LogP contribution in [0.5, 0.6) is 0 Å². The highest BCUT2D eigenvalue weighted by Gasteiger charge is 2.28. The summed E-state index contributed by atoms with van der Waals surface area (Å²) in [5.41, 5.74) is 21.5. The van der Waals surface area contributed by atoms with Crippen LogP contribution in [0.25, 0.3) is 0 Å². The van der Waals surface area contributed by atoms with E-state index in [1.165, 1.54) is 0 Å². The molecule has 0 aromatic rings. The molecule has 0 bridgehead atoms. The second kappa shape index (κ2) is 18.8. The maximum absolute atomic E-state index is 12.7. The molecule has 0 aromatic heterocycles. The summed E-state index contributed by atoms with van der Waals surface area (Å²) in [5, 5.41) is 20.7. The third kappa shape index (κ3) is 15.3. The smallest absolute Gasteiger partial charge is 0.326 e. The van der Waals surface area contributed by atoms with Gasteiger partial charge in [0.05, 0.1) is 25.6 Å². The zero-order valence-corrected chi connectivity index (χ0v) is 24.3. The summed E-state index contributed by atoms with van der Waals surface area (Å²) in [6.45, 7) is 5.51. The van der Waals surface area contributed by atoms with Crippen molar-refractivity contribution in [2.75, 3.05) is 19.6 Å². The van der Waals surface area contributed by atoms with Crippen molar-refractivity contribution >= 4 is 47.4 Å². The Labute approximate surface area is 243 Å². The van der Waals surface area contributed by atoms with Crippen molar-refractivity contribution in [3.05, 3.63) is 0 Å². The Balaban J connectivity index is 5.03. The number of nitrogens with one attached hydrogen (secondary N) is 5. The summed E-state index contributed by atoms with van der Waals surface area (Å²) < 4.78 is 0. The molecule has 14 N–H and O–H groups in total. The fourth-order valence-electron chi connectivity index (χ4n) is 3.41. The molecule has 0 aromatic carbocycles. The fraction of sp³-hybridized carbons (Fsp3) is 0.667. The first kappa shape index (κ1) is 37.5. The maximum Gasteiger partial charge on any atom is 0.326 e. The van der Waals surface area contributed by atoms with Gasteiger partial charge in [-0.1, -0.05) is 27.7 Å². The second-order valence-electron chi connectivity index (χ2n) is 10.1. The van der Waals surface area contributed by atoms with Gasteiger partial charge in [-0.15, -0.1) is 0 Å². The molecule has 42 heavy (non-hydrogen) atoms. The molecule has 0 radical (unpaired) electrons. The van der Waals surface area contributed by atoms with Crippen molar-refractivity contribution in [3.63, 3.8) is 0 Å². The van der Waals surface area contributed by atoms with Crippen LogP contribution in [0.3, 0.4) is 0 Å². The molecule has 18 nitrogen and oxygen atoms in total. The lowest BCUT2D eigenvalue weighted by Gasteiger charge is -2.24. The lowest BCUT2D eigenvalue weighted by molar-refractivity contribution is -0.143. The summed E-state index contributed by atoms with van der Waals surface area (Å²) >= 11 is 0. The number of aliphatic carboxylic acids is 1. The molecule has 0 aliphatic heterocycles. The van der Waals surface area contributed by atoms with Crippen LogP contribution in [-0.4, -0.2) is 96.3 Å². The lowest BCUT2D eigenvalue weighted by atomic mass is 10.0. The van der Waals surface area contributed by atoms with Crippen LogP contribution >= 0.6 is 0 Å². The summed E-state index contributed by atoms with van der Waals surface area (Å²) in [6.07, 6.45) is 0.0552. The van der Waals surface area contributed by atoms with Crippen LogP contribution in [0, 0.1) is 11.8 Å². The summed E-state index contributed by atoms with van der Waals surface area (Å²) in [7, 11) is 0. The number of carbonyl (C=O) groups is 7. The number of carbonyl (C=O) groups excluding carboxylic acids is 6. The molecule has 0 heterocycles. The Kier molecular flexibility index (Phi) is 16.8. The van der Waals surface area contributed by atoms with Crippen LogP contribution in [0.2, 0.25) is 0 Å². The first-order valence-corrected chi connectivity index (χ1v) is 13.2. The minimum Gasteiger partial charge on any atom is -0.480 e. The molecular formula is C24H44N10O8. The molecule has 0 spiro atoms. The summed E-state index contributed by atoms with van der Waals surface area (Å²) in [5.74, 6) is -7.02. The number of carboxylic acids is 1. The van der Waals surface area contributed by atoms with E-state index >= 15 is 0 Å². The molecule has 18 heteroatoms. The standard InChI is InChI=1S/C24H44N10O8/c1-11(2)18(34-20(38)13(25)6-5-7-29-24(27)28)22(40)31-9-16(36)32-14(8-15(26)35)21(39)30-10-17(37)33-19(12(3)4)23(41)42/h11-14,18-19H,5-10,25H2,1-4H3,(H2,26,35)(H,30,39)(H,31,40)(H,32,36)(H,33,37)(H,34,38)(H,41,42)(H4,27,28,29)/t13-,14-,18-,19-/m0/s1. The summed E-state index contributed by atoms with van der Waals surface area (Å²) in [4.78, 5) is 88.7. The van der Waals surface area contributed by atoms with Crippen LogP contribution < -0.4 is 49.5 Å². The Hall–Kier alpha value is -4.48. The lowest BCUT2D eigenvalue weighted by Crippen LogP contribution is -2.56. The Morgan fingerprint density at radius 2 is 1.26 bits per heavy atom. The minimum absolute atomic E-state index is 0.0876. The van der Waals surface area contributed by atoms with Crippen molar-refractivity contribution in [1.82, 2.24) is 26.6 Å². The van der Waals surface area contributed by atoms with Gasteiger partial charge < -0.3 is 54.6 Å². The number of nitrogens with two attached hydrogens (primary N) is 4. The van der Waals surface area contributed by atoms with Crippen LogP contribution in [0.1, 0.15) is 47.0 Å². The van der Waals surface area contributed by atoms with Crippen LogP contribution in [0.4, 0.5) is 0 Å². The van der Waals surface area contributed by atoms with Gasteiger partial charge in [0.1, 0.15) is 18.1 Å². The number of hydrogen-bond acceptors (Lipinski definition) is 9. The van der Waals surface area contributed by atoms with Gasteiger partial charge in [0.15, 0.2) is 5.96 Å². The molecule has 0 aliphatic rings. The quantitative estimate of drug-likeness (QED) is 0.0381. The number of carboxylic acid groups (broad SMARTS) is 1. The molecule has 0 saturated carbocycles. The normalized spacial score (nSPS) is 13.6. The van der Waals surface area contributed by atoms with Gasteiger partial charge in [0.2, 0.25) is 35.4 Å². The van der Waals surface area contributed by atoms with E-state index in [2.05, 4.69) is 31.6 Å². The molecule has 238 valence electrons. The fourth-order valence-corrected chi connectivity index (χ4v) is 3.41. The van der Waals surface area contributed by atoms with Gasteiger partial charge in [-0.05, 0) is 24.7 Å². The number of guanidine groups is 1. The maximum atomic E-state index is 12.7. The molecular weight excluding hydrogens is 556 g/mol. The van der Waals surface area contributed by atoms with E-state index in [0.717, 1.165) is 0 Å². The molecule has 0 unspecified atom stereocenters. The van der Waals surface area contributed by atoms with E-state index < -0.39 is 91.0 Å². The third-order valence-electron chi connectivity index (χ3n) is 5.70. The minimum atomic E-state index is -1.49. The summed E-state index contributed by atoms with van der Waals surface area (Å²) in [6, 6.07) is -4.66. The Morgan fingerprint density at radius 3 is 1.74 bits per heavy atom. The van der Waals surface area contributed by atoms with Crippen molar-refractivity contribution < 1.29 is 38.7 Å². The molecule has 0 rings (SSSR count). The van der Waals surface area contributed by atoms with E-state index in [4.69, 9.17) is 28.0 Å². The van der Waals surface area contributed by atoms with E-state index in [9.17, 15) is 33.6 Å². The number of aliphatic imine (C=N–C) groups is 1. The third-order valence-corrected chi connectivity index (χ3v) is 5.70. The number of rotatable bonds is 19. The van der Waals surface area contributed by atoms with E-state index in [1.54, 1.807) is 27.7 Å². The van der Waals surface area contributed by atoms with E-state index in [-0.39, 0.29) is 24.8 Å². The molecule has 4 atom stereocenters. The van der Waals surface area contributed by atoms with Crippen molar-refractivity contribution in [2.45, 2.75) is 71.1 Å². The average molecular weight is 601 g/mol. The predicted molar refractivity (Wildman–Crippen MR) is 151 cm³/mol. The van der Waals surface area contributed by atoms with E-state index in [1.807, 2.05) is 0 Å². The number of primary amides is 1. The van der Waals surface area contributed by atoms with Gasteiger partial charge in [-0.25, -0.2) is 4.79 Å². The monoisotopic (exact) mass is 600 g/mol. The molecule has 6 amide bonds. The van der Waals surface area contributed by atoms with E-state index in [0.29, 0.717) is 6.42 Å². The second-order valence-corrected chi connectivity index (χ2v) is 10.1. The SMILES string of the molecule is CC(C)[C@H](NC(=O)CNC(=O)[C@H](CC(N)=O)NC(=O)CNC(=O)[C@@H](NC(=O)[C@@H](N)CCCN=C(N)N)C(C)C)C(=O)O. The van der Waals surface area contributed by atoms with Gasteiger partial charge in [0.25, 0.3) is 0 Å². The predicted octanol–water partition coefficient (Wildman–Crippen LogP) is -4.67.